The van der Waals surface area contributed by atoms with Crippen LogP contribution in [0.15, 0.2) is 23.1 Å². The van der Waals surface area contributed by atoms with Crippen LogP contribution >= 0.6 is 34.4 Å². The van der Waals surface area contributed by atoms with Gasteiger partial charge >= 0.3 is 5.97 Å². The summed E-state index contributed by atoms with van der Waals surface area (Å²) in [7, 11) is 1.40. The van der Waals surface area contributed by atoms with Gasteiger partial charge in [-0.05, 0) is 46.5 Å². The normalized spacial score (nSPS) is 9.93. The summed E-state index contributed by atoms with van der Waals surface area (Å²) < 4.78 is 5.60. The van der Waals surface area contributed by atoms with Crippen molar-refractivity contribution in [1.82, 2.24) is 0 Å². The SMILES string of the molecule is CCSc1ccc(C(=O)OC)c(I)c1. The van der Waals surface area contributed by atoms with E-state index in [2.05, 4.69) is 34.3 Å². The number of methoxy groups -OCH3 is 1. The number of ether oxygens (including phenoxy) is 1. The molecule has 1 aromatic rings. The van der Waals surface area contributed by atoms with Crippen molar-refractivity contribution in [2.24, 2.45) is 0 Å². The molecule has 0 aromatic heterocycles. The molecule has 0 aliphatic carbocycles. The van der Waals surface area contributed by atoms with Gasteiger partial charge < -0.3 is 4.74 Å². The second-order valence-corrected chi connectivity index (χ2v) is 5.07. The zero-order chi connectivity index (χ0) is 10.6. The molecule has 0 aliphatic rings. The first-order chi connectivity index (χ1) is 6.69. The van der Waals surface area contributed by atoms with Gasteiger partial charge in [0.1, 0.15) is 0 Å². The molecule has 0 spiro atoms. The summed E-state index contributed by atoms with van der Waals surface area (Å²) in [6, 6.07) is 5.76. The fraction of sp³-hybridized carbons (Fsp3) is 0.300. The summed E-state index contributed by atoms with van der Waals surface area (Å²) in [5.41, 5.74) is 0.633. The molecule has 0 fully saturated rings. The van der Waals surface area contributed by atoms with E-state index in [1.54, 1.807) is 11.8 Å². The van der Waals surface area contributed by atoms with Crippen LogP contribution in [0.2, 0.25) is 0 Å². The fourth-order valence-corrected chi connectivity index (χ4v) is 2.67. The Balaban J connectivity index is 2.95. The highest BCUT2D eigenvalue weighted by Gasteiger charge is 2.09. The van der Waals surface area contributed by atoms with Crippen LogP contribution < -0.4 is 0 Å². The van der Waals surface area contributed by atoms with Crippen LogP contribution in [0.4, 0.5) is 0 Å². The standard InChI is InChI=1S/C10H11IO2S/c1-3-14-7-4-5-8(9(11)6-7)10(12)13-2/h4-6H,3H2,1-2H3. The summed E-state index contributed by atoms with van der Waals surface area (Å²) in [5.74, 6) is 0.760. The van der Waals surface area contributed by atoms with Crippen molar-refractivity contribution in [3.8, 4) is 0 Å². The lowest BCUT2D eigenvalue weighted by Crippen LogP contribution is -2.03. The van der Waals surface area contributed by atoms with E-state index in [4.69, 9.17) is 0 Å². The topological polar surface area (TPSA) is 26.3 Å². The van der Waals surface area contributed by atoms with Crippen molar-refractivity contribution in [3.63, 3.8) is 0 Å². The zero-order valence-electron chi connectivity index (χ0n) is 8.04. The lowest BCUT2D eigenvalue weighted by molar-refractivity contribution is 0.0599. The van der Waals surface area contributed by atoms with Crippen molar-refractivity contribution < 1.29 is 9.53 Å². The predicted molar refractivity (Wildman–Crippen MR) is 66.9 cm³/mol. The van der Waals surface area contributed by atoms with Crippen LogP contribution in [0.5, 0.6) is 0 Å². The Hall–Kier alpha value is -0.230. The van der Waals surface area contributed by atoms with Crippen molar-refractivity contribution in [3.05, 3.63) is 27.3 Å². The Bertz CT molecular complexity index is 339. The number of rotatable bonds is 3. The van der Waals surface area contributed by atoms with Crippen molar-refractivity contribution >= 4 is 40.3 Å². The summed E-state index contributed by atoms with van der Waals surface area (Å²) in [6.45, 7) is 2.10. The molecule has 0 saturated carbocycles. The van der Waals surface area contributed by atoms with Crippen molar-refractivity contribution in [2.45, 2.75) is 11.8 Å². The molecule has 0 atom stereocenters. The van der Waals surface area contributed by atoms with E-state index in [9.17, 15) is 4.79 Å². The average Bonchev–Trinajstić information content (AvgIpc) is 2.17. The van der Waals surface area contributed by atoms with Crippen LogP contribution in [-0.2, 0) is 4.74 Å². The van der Waals surface area contributed by atoms with Crippen molar-refractivity contribution in [1.29, 1.82) is 0 Å². The molecule has 0 radical (unpaired) electrons. The molecule has 76 valence electrons. The predicted octanol–water partition coefficient (Wildman–Crippen LogP) is 3.19. The Morgan fingerprint density at radius 2 is 2.29 bits per heavy atom. The number of carbonyl (C=O) groups is 1. The number of hydrogen-bond acceptors (Lipinski definition) is 3. The molecule has 0 bridgehead atoms. The Kier molecular flexibility index (Phi) is 4.74. The van der Waals surface area contributed by atoms with Crippen LogP contribution in [0.3, 0.4) is 0 Å². The van der Waals surface area contributed by atoms with Gasteiger partial charge in [-0.2, -0.15) is 0 Å². The van der Waals surface area contributed by atoms with Gasteiger partial charge in [0.15, 0.2) is 0 Å². The summed E-state index contributed by atoms with van der Waals surface area (Å²) in [6.07, 6.45) is 0. The maximum Gasteiger partial charge on any atom is 0.338 e. The molecule has 0 heterocycles. The molecule has 0 unspecified atom stereocenters. The number of esters is 1. The van der Waals surface area contributed by atoms with E-state index in [-0.39, 0.29) is 5.97 Å². The van der Waals surface area contributed by atoms with E-state index in [0.29, 0.717) is 5.56 Å². The smallest absolute Gasteiger partial charge is 0.338 e. The molecule has 0 aliphatic heterocycles. The first-order valence-electron chi connectivity index (χ1n) is 4.19. The van der Waals surface area contributed by atoms with E-state index in [1.165, 1.54) is 12.0 Å². The summed E-state index contributed by atoms with van der Waals surface area (Å²) >= 11 is 3.91. The first-order valence-corrected chi connectivity index (χ1v) is 6.26. The minimum Gasteiger partial charge on any atom is -0.465 e. The molecule has 2 nitrogen and oxygen atoms in total. The number of halogens is 1. The summed E-state index contributed by atoms with van der Waals surface area (Å²) in [5, 5.41) is 0. The van der Waals surface area contributed by atoms with E-state index in [0.717, 1.165) is 9.32 Å². The number of hydrogen-bond donors (Lipinski definition) is 0. The Morgan fingerprint density at radius 1 is 1.57 bits per heavy atom. The molecule has 0 saturated heterocycles. The number of carbonyl (C=O) groups excluding carboxylic acids is 1. The molecule has 14 heavy (non-hydrogen) atoms. The third-order valence-electron chi connectivity index (χ3n) is 1.66. The molecule has 0 amide bonds. The van der Waals surface area contributed by atoms with Crippen LogP contribution in [0.1, 0.15) is 17.3 Å². The highest BCUT2D eigenvalue weighted by molar-refractivity contribution is 14.1. The van der Waals surface area contributed by atoms with E-state index < -0.39 is 0 Å². The third-order valence-corrected chi connectivity index (χ3v) is 3.43. The van der Waals surface area contributed by atoms with Crippen LogP contribution in [0, 0.1) is 3.57 Å². The quantitative estimate of drug-likeness (QED) is 0.486. The van der Waals surface area contributed by atoms with E-state index in [1.807, 2.05) is 18.2 Å². The molecule has 1 aromatic carbocycles. The van der Waals surface area contributed by atoms with Gasteiger partial charge in [0.25, 0.3) is 0 Å². The second-order valence-electron chi connectivity index (χ2n) is 2.57. The van der Waals surface area contributed by atoms with Crippen LogP contribution in [-0.4, -0.2) is 18.8 Å². The van der Waals surface area contributed by atoms with Crippen LogP contribution in [0.25, 0.3) is 0 Å². The van der Waals surface area contributed by atoms with Gasteiger partial charge in [0.05, 0.1) is 12.7 Å². The lowest BCUT2D eigenvalue weighted by Gasteiger charge is -2.04. The second kappa shape index (κ2) is 5.60. The minimum atomic E-state index is -0.276. The Morgan fingerprint density at radius 3 is 2.79 bits per heavy atom. The van der Waals surface area contributed by atoms with E-state index >= 15 is 0 Å². The van der Waals surface area contributed by atoms with Gasteiger partial charge in [-0.3, -0.25) is 0 Å². The largest absolute Gasteiger partial charge is 0.465 e. The zero-order valence-corrected chi connectivity index (χ0v) is 11.0. The monoisotopic (exact) mass is 322 g/mol. The number of benzene rings is 1. The maximum atomic E-state index is 11.3. The molecular formula is C10H11IO2S. The minimum absolute atomic E-state index is 0.276. The lowest BCUT2D eigenvalue weighted by atomic mass is 10.2. The highest BCUT2D eigenvalue weighted by Crippen LogP contribution is 2.22. The summed E-state index contributed by atoms with van der Waals surface area (Å²) in [4.78, 5) is 12.5. The first kappa shape index (κ1) is 11.8. The average molecular weight is 322 g/mol. The van der Waals surface area contributed by atoms with Crippen molar-refractivity contribution in [2.75, 3.05) is 12.9 Å². The fourth-order valence-electron chi connectivity index (χ4n) is 1.03. The highest BCUT2D eigenvalue weighted by atomic mass is 127. The van der Waals surface area contributed by atoms with Gasteiger partial charge in [-0.25, -0.2) is 4.79 Å². The molecular weight excluding hydrogens is 311 g/mol. The third kappa shape index (κ3) is 2.88. The molecule has 4 heteroatoms. The van der Waals surface area contributed by atoms with Gasteiger partial charge in [0, 0.05) is 8.47 Å². The van der Waals surface area contributed by atoms with Gasteiger partial charge in [0.2, 0.25) is 0 Å². The maximum absolute atomic E-state index is 11.3. The van der Waals surface area contributed by atoms with Gasteiger partial charge in [-0.1, -0.05) is 6.92 Å². The van der Waals surface area contributed by atoms with Gasteiger partial charge in [-0.15, -0.1) is 11.8 Å². The molecule has 0 N–H and O–H groups in total. The Labute approximate surface area is 102 Å². The molecule has 1 rings (SSSR count). The number of thioether (sulfide) groups is 1.